The molecule has 2 heterocycles. The molecule has 0 radical (unpaired) electrons. The molecule has 1 N–H and O–H groups in total. The van der Waals surface area contributed by atoms with Crippen LogP contribution in [0, 0.1) is 11.7 Å². The van der Waals surface area contributed by atoms with Crippen molar-refractivity contribution in [2.75, 3.05) is 0 Å². The fourth-order valence-corrected chi connectivity index (χ4v) is 4.89. The smallest absolute Gasteiger partial charge is 0.324 e. The molecule has 8 heteroatoms. The van der Waals surface area contributed by atoms with Gasteiger partial charge < -0.3 is 19.2 Å². The topological polar surface area (TPSA) is 77.6 Å². The zero-order valence-electron chi connectivity index (χ0n) is 19.6. The SMILES string of the molecule is CC1(C)OC(=O)C([C@H](c2cc(Br)ccc2OCc2ccc(F)cc2)c2c[nH]c3ccccc23)C(=O)O1. The first-order chi connectivity index (χ1) is 17.2. The maximum absolute atomic E-state index is 13.3. The Morgan fingerprint density at radius 2 is 1.69 bits per heavy atom. The minimum atomic E-state index is -1.35. The van der Waals surface area contributed by atoms with Crippen LogP contribution in [0.1, 0.15) is 36.5 Å². The average molecular weight is 552 g/mol. The lowest BCUT2D eigenvalue weighted by molar-refractivity contribution is -0.240. The van der Waals surface area contributed by atoms with Gasteiger partial charge in [0.2, 0.25) is 0 Å². The third-order valence-electron chi connectivity index (χ3n) is 6.10. The summed E-state index contributed by atoms with van der Waals surface area (Å²) in [6, 6.07) is 19.1. The van der Waals surface area contributed by atoms with Gasteiger partial charge in [-0.3, -0.25) is 9.59 Å². The predicted octanol–water partition coefficient (Wildman–Crippen LogP) is 6.23. The van der Waals surface area contributed by atoms with E-state index in [-0.39, 0.29) is 12.4 Å². The standard InChI is InChI=1S/C28H23BrFNO5/c1-28(2)35-26(32)25(27(33)36-28)24(21-14-31-22-6-4-3-5-19(21)22)20-13-17(29)9-12-23(20)34-15-16-7-10-18(30)11-8-16/h3-14,24-25,31H,15H2,1-2H3/t24-/m1/s1. The van der Waals surface area contributed by atoms with Crippen LogP contribution in [0.5, 0.6) is 5.75 Å². The van der Waals surface area contributed by atoms with E-state index in [9.17, 15) is 14.0 Å². The Morgan fingerprint density at radius 1 is 1.00 bits per heavy atom. The number of H-pyrrole nitrogens is 1. The van der Waals surface area contributed by atoms with Gasteiger partial charge in [-0.05, 0) is 47.5 Å². The molecular weight excluding hydrogens is 529 g/mol. The van der Waals surface area contributed by atoms with Gasteiger partial charge in [-0.2, -0.15) is 0 Å². The molecule has 184 valence electrons. The van der Waals surface area contributed by atoms with E-state index in [2.05, 4.69) is 20.9 Å². The summed E-state index contributed by atoms with van der Waals surface area (Å²) in [6.07, 6.45) is 1.79. The molecule has 1 aliphatic heterocycles. The number of benzene rings is 3. The normalized spacial score (nSPS) is 16.4. The Morgan fingerprint density at radius 3 is 2.42 bits per heavy atom. The molecule has 5 rings (SSSR count). The Kier molecular flexibility index (Phi) is 6.30. The molecule has 1 fully saturated rings. The number of hydrogen-bond acceptors (Lipinski definition) is 5. The highest BCUT2D eigenvalue weighted by Crippen LogP contribution is 2.44. The van der Waals surface area contributed by atoms with Gasteiger partial charge in [-0.1, -0.05) is 46.3 Å². The highest BCUT2D eigenvalue weighted by molar-refractivity contribution is 9.10. The van der Waals surface area contributed by atoms with Crippen LogP contribution in [-0.4, -0.2) is 22.7 Å². The monoisotopic (exact) mass is 551 g/mol. The van der Waals surface area contributed by atoms with Gasteiger partial charge in [0, 0.05) is 46.9 Å². The van der Waals surface area contributed by atoms with Crippen molar-refractivity contribution in [3.8, 4) is 5.75 Å². The number of carbonyl (C=O) groups is 2. The van der Waals surface area contributed by atoms with Crippen LogP contribution in [0.2, 0.25) is 0 Å². The molecule has 3 aromatic carbocycles. The van der Waals surface area contributed by atoms with Crippen LogP contribution in [0.25, 0.3) is 10.9 Å². The van der Waals surface area contributed by atoms with Crippen LogP contribution in [0.3, 0.4) is 0 Å². The molecule has 0 unspecified atom stereocenters. The molecule has 1 aliphatic rings. The quantitative estimate of drug-likeness (QED) is 0.227. The second-order valence-corrected chi connectivity index (χ2v) is 10.00. The number of carbonyl (C=O) groups excluding carboxylic acids is 2. The third-order valence-corrected chi connectivity index (χ3v) is 6.60. The summed E-state index contributed by atoms with van der Waals surface area (Å²) in [5, 5.41) is 0.859. The van der Waals surface area contributed by atoms with E-state index >= 15 is 0 Å². The van der Waals surface area contributed by atoms with Gasteiger partial charge in [-0.25, -0.2) is 4.39 Å². The van der Waals surface area contributed by atoms with Crippen molar-refractivity contribution in [3.63, 3.8) is 0 Å². The van der Waals surface area contributed by atoms with E-state index in [0.717, 1.165) is 26.5 Å². The summed E-state index contributed by atoms with van der Waals surface area (Å²) >= 11 is 3.52. The van der Waals surface area contributed by atoms with Crippen molar-refractivity contribution in [1.29, 1.82) is 0 Å². The average Bonchev–Trinajstić information content (AvgIpc) is 3.25. The van der Waals surface area contributed by atoms with Crippen LogP contribution in [0.4, 0.5) is 4.39 Å². The Hall–Kier alpha value is -3.65. The van der Waals surface area contributed by atoms with Crippen LogP contribution in [0.15, 0.2) is 77.4 Å². The molecule has 1 atom stereocenters. The number of rotatable bonds is 6. The zero-order chi connectivity index (χ0) is 25.4. The van der Waals surface area contributed by atoms with Gasteiger partial charge in [0.05, 0.1) is 0 Å². The van der Waals surface area contributed by atoms with Crippen LogP contribution >= 0.6 is 15.9 Å². The second kappa shape index (κ2) is 9.43. The van der Waals surface area contributed by atoms with E-state index in [4.69, 9.17) is 14.2 Å². The van der Waals surface area contributed by atoms with Crippen molar-refractivity contribution < 1.29 is 28.2 Å². The summed E-state index contributed by atoms with van der Waals surface area (Å²) < 4.78 is 31.2. The molecule has 1 saturated heterocycles. The van der Waals surface area contributed by atoms with Crippen LogP contribution < -0.4 is 4.74 Å². The molecular formula is C28H23BrFNO5. The fourth-order valence-electron chi connectivity index (χ4n) is 4.51. The van der Waals surface area contributed by atoms with Crippen molar-refractivity contribution >= 4 is 38.8 Å². The first kappa shape index (κ1) is 24.1. The van der Waals surface area contributed by atoms with Gasteiger partial charge >= 0.3 is 11.9 Å². The first-order valence-electron chi connectivity index (χ1n) is 11.4. The summed E-state index contributed by atoms with van der Waals surface area (Å²) in [6.45, 7) is 3.22. The number of esters is 2. The minimum absolute atomic E-state index is 0.169. The van der Waals surface area contributed by atoms with Crippen LogP contribution in [-0.2, 0) is 25.7 Å². The number of nitrogens with one attached hydrogen (secondary N) is 1. The molecule has 0 saturated carbocycles. The summed E-state index contributed by atoms with van der Waals surface area (Å²) in [7, 11) is 0. The Bertz CT molecular complexity index is 1430. The lowest BCUT2D eigenvalue weighted by Crippen LogP contribution is -2.48. The van der Waals surface area contributed by atoms with Crippen molar-refractivity contribution in [3.05, 3.63) is 99.9 Å². The van der Waals surface area contributed by atoms with E-state index < -0.39 is 29.6 Å². The lowest BCUT2D eigenvalue weighted by atomic mass is 9.79. The molecule has 0 bridgehead atoms. The molecule has 0 aliphatic carbocycles. The summed E-state index contributed by atoms with van der Waals surface area (Å²) in [4.78, 5) is 29.7. The number of aromatic nitrogens is 1. The van der Waals surface area contributed by atoms with E-state index in [1.165, 1.54) is 26.0 Å². The summed E-state index contributed by atoms with van der Waals surface area (Å²) in [5.74, 6) is -4.57. The number of cyclic esters (lactones) is 2. The van der Waals surface area contributed by atoms with Gasteiger partial charge in [0.15, 0.2) is 5.92 Å². The molecule has 36 heavy (non-hydrogen) atoms. The third kappa shape index (κ3) is 4.73. The van der Waals surface area contributed by atoms with Crippen molar-refractivity contribution in [1.82, 2.24) is 4.98 Å². The second-order valence-electron chi connectivity index (χ2n) is 9.08. The first-order valence-corrected chi connectivity index (χ1v) is 12.2. The largest absolute Gasteiger partial charge is 0.489 e. The fraction of sp³-hybridized carbons (Fsp3) is 0.214. The Labute approximate surface area is 215 Å². The highest BCUT2D eigenvalue weighted by atomic mass is 79.9. The minimum Gasteiger partial charge on any atom is -0.489 e. The Balaban J connectivity index is 1.63. The number of fused-ring (bicyclic) bond motifs is 1. The number of halogens is 2. The van der Waals surface area contributed by atoms with Crippen molar-refractivity contribution in [2.45, 2.75) is 32.2 Å². The molecule has 4 aromatic rings. The molecule has 1 aromatic heterocycles. The highest BCUT2D eigenvalue weighted by Gasteiger charge is 2.49. The van der Waals surface area contributed by atoms with Gasteiger partial charge in [0.25, 0.3) is 5.79 Å². The lowest BCUT2D eigenvalue weighted by Gasteiger charge is -2.36. The van der Waals surface area contributed by atoms with E-state index in [1.807, 2.05) is 36.4 Å². The maximum Gasteiger partial charge on any atom is 0.324 e. The molecule has 0 amide bonds. The number of aromatic amines is 1. The zero-order valence-corrected chi connectivity index (χ0v) is 21.2. The van der Waals surface area contributed by atoms with Crippen molar-refractivity contribution in [2.24, 2.45) is 5.92 Å². The number of ether oxygens (including phenoxy) is 3. The predicted molar refractivity (Wildman–Crippen MR) is 135 cm³/mol. The van der Waals surface area contributed by atoms with E-state index in [0.29, 0.717) is 11.3 Å². The van der Waals surface area contributed by atoms with E-state index in [1.54, 1.807) is 24.4 Å². The number of para-hydroxylation sites is 1. The molecule has 0 spiro atoms. The number of hydrogen-bond donors (Lipinski definition) is 1. The maximum atomic E-state index is 13.3. The molecule has 6 nitrogen and oxygen atoms in total. The van der Waals surface area contributed by atoms with Gasteiger partial charge in [-0.15, -0.1) is 0 Å². The summed E-state index contributed by atoms with van der Waals surface area (Å²) in [5.41, 5.74) is 2.97. The van der Waals surface area contributed by atoms with Gasteiger partial charge in [0.1, 0.15) is 18.2 Å².